The van der Waals surface area contributed by atoms with E-state index in [-0.39, 0.29) is 12.1 Å². The van der Waals surface area contributed by atoms with Crippen molar-refractivity contribution in [3.63, 3.8) is 0 Å². The third kappa shape index (κ3) is 4.54. The fraction of sp³-hybridized carbons (Fsp3) is 1.00. The third-order valence-corrected chi connectivity index (χ3v) is 4.88. The summed E-state index contributed by atoms with van der Waals surface area (Å²) in [4.78, 5) is 0. The van der Waals surface area contributed by atoms with Gasteiger partial charge in [-0.3, -0.25) is 0 Å². The molecule has 100 valence electrons. The summed E-state index contributed by atoms with van der Waals surface area (Å²) in [6.45, 7) is 1.80. The van der Waals surface area contributed by atoms with Gasteiger partial charge < -0.3 is 5.32 Å². The summed E-state index contributed by atoms with van der Waals surface area (Å²) >= 11 is 0. The summed E-state index contributed by atoms with van der Waals surface area (Å²) in [6, 6.07) is 0.236. The fourth-order valence-electron chi connectivity index (χ4n) is 2.63. The molecule has 1 saturated heterocycles. The van der Waals surface area contributed by atoms with E-state index >= 15 is 0 Å². The zero-order valence-electron chi connectivity index (χ0n) is 10.2. The minimum Gasteiger partial charge on any atom is -0.317 e. The molecule has 0 unspecified atom stereocenters. The molecule has 1 heterocycles. The van der Waals surface area contributed by atoms with E-state index in [4.69, 9.17) is 0 Å². The van der Waals surface area contributed by atoms with Gasteiger partial charge in [-0.1, -0.05) is 19.3 Å². The van der Waals surface area contributed by atoms with Crippen LogP contribution in [0.5, 0.6) is 0 Å². The maximum Gasteiger partial charge on any atom is 0.277 e. The highest BCUT2D eigenvalue weighted by molar-refractivity contribution is 7.87. The molecule has 2 aliphatic rings. The van der Waals surface area contributed by atoms with E-state index < -0.39 is 10.2 Å². The van der Waals surface area contributed by atoms with E-state index in [1.807, 2.05) is 0 Å². The van der Waals surface area contributed by atoms with Gasteiger partial charge in [0.2, 0.25) is 0 Å². The van der Waals surface area contributed by atoms with Crippen molar-refractivity contribution < 1.29 is 8.42 Å². The molecule has 1 aliphatic carbocycles. The molecule has 0 aromatic carbocycles. The SMILES string of the molecule is O=S(=O)(NC1CCCCC1)NC1CCNCC1. The van der Waals surface area contributed by atoms with Gasteiger partial charge in [-0.2, -0.15) is 17.9 Å². The second kappa shape index (κ2) is 6.13. The lowest BCUT2D eigenvalue weighted by Crippen LogP contribution is -2.49. The Morgan fingerprint density at radius 2 is 1.35 bits per heavy atom. The third-order valence-electron chi connectivity index (χ3n) is 3.59. The van der Waals surface area contributed by atoms with E-state index in [2.05, 4.69) is 14.8 Å². The first-order chi connectivity index (χ1) is 8.16. The van der Waals surface area contributed by atoms with Gasteiger partial charge in [0.15, 0.2) is 0 Å². The van der Waals surface area contributed by atoms with Crippen LogP contribution in [0.3, 0.4) is 0 Å². The van der Waals surface area contributed by atoms with Gasteiger partial charge in [0.25, 0.3) is 10.2 Å². The zero-order valence-corrected chi connectivity index (χ0v) is 11.1. The van der Waals surface area contributed by atoms with Crippen LogP contribution >= 0.6 is 0 Å². The topological polar surface area (TPSA) is 70.2 Å². The molecule has 1 saturated carbocycles. The molecular formula is C11H23N3O2S. The molecular weight excluding hydrogens is 238 g/mol. The van der Waals surface area contributed by atoms with Crippen molar-refractivity contribution in [1.29, 1.82) is 0 Å². The Labute approximate surface area is 104 Å². The standard InChI is InChI=1S/C11H23N3O2S/c15-17(16,13-10-4-2-1-3-5-10)14-11-6-8-12-9-7-11/h10-14H,1-9H2. The van der Waals surface area contributed by atoms with Crippen LogP contribution in [0, 0.1) is 0 Å². The first-order valence-electron chi connectivity index (χ1n) is 6.66. The van der Waals surface area contributed by atoms with Crippen molar-refractivity contribution in [3.05, 3.63) is 0 Å². The van der Waals surface area contributed by atoms with Crippen LogP contribution in [0.25, 0.3) is 0 Å². The summed E-state index contributed by atoms with van der Waals surface area (Å²) in [5.41, 5.74) is 0. The first-order valence-corrected chi connectivity index (χ1v) is 8.14. The van der Waals surface area contributed by atoms with Crippen LogP contribution in [0.15, 0.2) is 0 Å². The number of hydrogen-bond acceptors (Lipinski definition) is 3. The van der Waals surface area contributed by atoms with Crippen LogP contribution in [-0.2, 0) is 10.2 Å². The predicted molar refractivity (Wildman–Crippen MR) is 68.0 cm³/mol. The van der Waals surface area contributed by atoms with Crippen LogP contribution in [0.2, 0.25) is 0 Å². The number of piperidine rings is 1. The molecule has 0 aromatic heterocycles. The molecule has 6 heteroatoms. The maximum absolute atomic E-state index is 11.9. The number of nitrogens with one attached hydrogen (secondary N) is 3. The Morgan fingerprint density at radius 1 is 0.824 bits per heavy atom. The second-order valence-electron chi connectivity index (χ2n) is 5.10. The van der Waals surface area contributed by atoms with Crippen LogP contribution in [0.4, 0.5) is 0 Å². The van der Waals surface area contributed by atoms with Crippen LogP contribution in [0.1, 0.15) is 44.9 Å². The Kier molecular flexibility index (Phi) is 4.78. The van der Waals surface area contributed by atoms with Crippen molar-refractivity contribution in [2.24, 2.45) is 0 Å². The molecule has 3 N–H and O–H groups in total. The molecule has 1 aliphatic heterocycles. The van der Waals surface area contributed by atoms with E-state index in [1.165, 1.54) is 6.42 Å². The average Bonchev–Trinajstić information content (AvgIpc) is 2.30. The lowest BCUT2D eigenvalue weighted by Gasteiger charge is -2.27. The molecule has 0 atom stereocenters. The molecule has 2 fully saturated rings. The lowest BCUT2D eigenvalue weighted by atomic mass is 9.96. The molecule has 0 spiro atoms. The molecule has 0 radical (unpaired) electrons. The van der Waals surface area contributed by atoms with Crippen molar-refractivity contribution in [1.82, 2.24) is 14.8 Å². The monoisotopic (exact) mass is 261 g/mol. The number of rotatable bonds is 4. The normalized spacial score (nSPS) is 24.9. The zero-order chi connectivity index (χ0) is 12.1. The summed E-state index contributed by atoms with van der Waals surface area (Å²) in [5, 5.41) is 3.23. The van der Waals surface area contributed by atoms with E-state index in [1.54, 1.807) is 0 Å². The van der Waals surface area contributed by atoms with Gasteiger partial charge in [-0.25, -0.2) is 0 Å². The second-order valence-corrected chi connectivity index (χ2v) is 6.58. The van der Waals surface area contributed by atoms with Crippen molar-refractivity contribution in [3.8, 4) is 0 Å². The Balaban J connectivity index is 1.80. The summed E-state index contributed by atoms with van der Waals surface area (Å²) < 4.78 is 29.4. The molecule has 5 nitrogen and oxygen atoms in total. The number of hydrogen-bond donors (Lipinski definition) is 3. The molecule has 17 heavy (non-hydrogen) atoms. The van der Waals surface area contributed by atoms with Gasteiger partial charge >= 0.3 is 0 Å². The van der Waals surface area contributed by atoms with Gasteiger partial charge in [0, 0.05) is 12.1 Å². The van der Waals surface area contributed by atoms with E-state index in [0.29, 0.717) is 0 Å². The lowest BCUT2D eigenvalue weighted by molar-refractivity contribution is 0.396. The fourth-order valence-corrected chi connectivity index (χ4v) is 4.05. The Morgan fingerprint density at radius 3 is 1.94 bits per heavy atom. The highest BCUT2D eigenvalue weighted by Crippen LogP contribution is 2.18. The first kappa shape index (κ1) is 13.3. The van der Waals surface area contributed by atoms with Gasteiger partial charge in [-0.15, -0.1) is 0 Å². The minimum absolute atomic E-state index is 0.0948. The van der Waals surface area contributed by atoms with Crippen molar-refractivity contribution in [2.45, 2.75) is 57.0 Å². The maximum atomic E-state index is 11.9. The molecule has 0 bridgehead atoms. The van der Waals surface area contributed by atoms with Crippen molar-refractivity contribution in [2.75, 3.05) is 13.1 Å². The Hall–Kier alpha value is -0.170. The smallest absolute Gasteiger partial charge is 0.277 e. The Bertz CT molecular complexity index is 294. The highest BCUT2D eigenvalue weighted by Gasteiger charge is 2.23. The van der Waals surface area contributed by atoms with E-state index in [9.17, 15) is 8.42 Å². The summed E-state index contributed by atoms with van der Waals surface area (Å²) in [6.07, 6.45) is 7.23. The van der Waals surface area contributed by atoms with E-state index in [0.717, 1.165) is 51.6 Å². The van der Waals surface area contributed by atoms with Gasteiger partial charge in [0.05, 0.1) is 0 Å². The molecule has 0 aromatic rings. The van der Waals surface area contributed by atoms with Gasteiger partial charge in [0.1, 0.15) is 0 Å². The van der Waals surface area contributed by atoms with Crippen LogP contribution < -0.4 is 14.8 Å². The highest BCUT2D eigenvalue weighted by atomic mass is 32.2. The minimum atomic E-state index is -3.31. The molecule has 0 amide bonds. The average molecular weight is 261 g/mol. The quantitative estimate of drug-likeness (QED) is 0.690. The van der Waals surface area contributed by atoms with Crippen molar-refractivity contribution >= 4 is 10.2 Å². The predicted octanol–water partition coefficient (Wildman–Crippen LogP) is 0.495. The summed E-state index contributed by atoms with van der Waals surface area (Å²) in [5.74, 6) is 0. The van der Waals surface area contributed by atoms with Gasteiger partial charge in [-0.05, 0) is 38.8 Å². The van der Waals surface area contributed by atoms with Crippen LogP contribution in [-0.4, -0.2) is 33.6 Å². The largest absolute Gasteiger partial charge is 0.317 e. The molecule has 2 rings (SSSR count). The summed E-state index contributed by atoms with van der Waals surface area (Å²) in [7, 11) is -3.31.